The number of hydrogen-bond donors (Lipinski definition) is 0. The molecule has 2 heterocycles. The second-order valence-corrected chi connectivity index (χ2v) is 6.02. The molecule has 4 aromatic rings. The maximum atomic E-state index is 8.95. The molecule has 0 bridgehead atoms. The SMILES string of the molecule is N#Cc1ccc2c(ccn2Cc2nc3ccccc3s2)c1. The van der Waals surface area contributed by atoms with E-state index >= 15 is 0 Å². The normalized spacial score (nSPS) is 11.0. The van der Waals surface area contributed by atoms with Gasteiger partial charge in [-0.25, -0.2) is 4.98 Å². The first kappa shape index (κ1) is 12.1. The maximum absolute atomic E-state index is 8.95. The van der Waals surface area contributed by atoms with E-state index in [9.17, 15) is 0 Å². The lowest BCUT2D eigenvalue weighted by Crippen LogP contribution is -1.96. The molecular formula is C17H11N3S. The minimum absolute atomic E-state index is 0.695. The van der Waals surface area contributed by atoms with E-state index in [0.29, 0.717) is 5.56 Å². The molecule has 0 radical (unpaired) electrons. The van der Waals surface area contributed by atoms with Crippen LogP contribution in [0.5, 0.6) is 0 Å². The first-order valence-electron chi connectivity index (χ1n) is 6.67. The summed E-state index contributed by atoms with van der Waals surface area (Å²) in [5.41, 5.74) is 2.88. The fraction of sp³-hybridized carbons (Fsp3) is 0.0588. The van der Waals surface area contributed by atoms with Gasteiger partial charge in [0.1, 0.15) is 5.01 Å². The van der Waals surface area contributed by atoms with Gasteiger partial charge in [-0.1, -0.05) is 12.1 Å². The van der Waals surface area contributed by atoms with Crippen molar-refractivity contribution in [3.05, 3.63) is 65.3 Å². The molecule has 0 spiro atoms. The van der Waals surface area contributed by atoms with E-state index in [2.05, 4.69) is 27.9 Å². The van der Waals surface area contributed by atoms with Gasteiger partial charge in [-0.3, -0.25) is 0 Å². The number of para-hydroxylation sites is 1. The zero-order valence-electron chi connectivity index (χ0n) is 11.2. The van der Waals surface area contributed by atoms with Crippen molar-refractivity contribution in [2.24, 2.45) is 0 Å². The molecule has 0 N–H and O–H groups in total. The number of nitriles is 1. The smallest absolute Gasteiger partial charge is 0.114 e. The number of hydrogen-bond acceptors (Lipinski definition) is 3. The van der Waals surface area contributed by atoms with Crippen molar-refractivity contribution in [2.45, 2.75) is 6.54 Å². The van der Waals surface area contributed by atoms with Crippen LogP contribution in [0.3, 0.4) is 0 Å². The molecule has 4 rings (SSSR count). The van der Waals surface area contributed by atoms with Crippen molar-refractivity contribution < 1.29 is 0 Å². The van der Waals surface area contributed by atoms with Crippen molar-refractivity contribution >= 4 is 32.5 Å². The van der Waals surface area contributed by atoms with Crippen LogP contribution in [0, 0.1) is 11.3 Å². The van der Waals surface area contributed by atoms with Gasteiger partial charge in [-0.05, 0) is 36.4 Å². The van der Waals surface area contributed by atoms with Crippen LogP contribution in [-0.2, 0) is 6.54 Å². The molecule has 0 saturated carbocycles. The molecule has 0 aliphatic carbocycles. The molecular weight excluding hydrogens is 278 g/mol. The van der Waals surface area contributed by atoms with Crippen molar-refractivity contribution in [1.29, 1.82) is 5.26 Å². The lowest BCUT2D eigenvalue weighted by molar-refractivity contribution is 0.831. The van der Waals surface area contributed by atoms with E-state index in [1.54, 1.807) is 11.3 Å². The third-order valence-electron chi connectivity index (χ3n) is 3.54. The summed E-state index contributed by atoms with van der Waals surface area (Å²) in [4.78, 5) is 4.67. The molecule has 2 aromatic carbocycles. The Morgan fingerprint density at radius 1 is 1.14 bits per heavy atom. The Labute approximate surface area is 125 Å². The average Bonchev–Trinajstić information content (AvgIpc) is 3.10. The first-order chi connectivity index (χ1) is 10.3. The standard InChI is InChI=1S/C17H11N3S/c18-10-12-5-6-15-13(9-12)7-8-20(15)11-17-19-14-3-1-2-4-16(14)21-17/h1-9H,11H2. The zero-order chi connectivity index (χ0) is 14.2. The van der Waals surface area contributed by atoms with E-state index in [1.165, 1.54) is 4.70 Å². The zero-order valence-corrected chi connectivity index (χ0v) is 12.0. The number of aromatic nitrogens is 2. The molecule has 100 valence electrons. The molecule has 21 heavy (non-hydrogen) atoms. The van der Waals surface area contributed by atoms with Crippen LogP contribution in [-0.4, -0.2) is 9.55 Å². The topological polar surface area (TPSA) is 41.6 Å². The van der Waals surface area contributed by atoms with Crippen molar-refractivity contribution in [3.8, 4) is 6.07 Å². The highest BCUT2D eigenvalue weighted by molar-refractivity contribution is 7.18. The number of benzene rings is 2. The summed E-state index contributed by atoms with van der Waals surface area (Å²) >= 11 is 1.73. The van der Waals surface area contributed by atoms with Crippen LogP contribution >= 0.6 is 11.3 Å². The second kappa shape index (κ2) is 4.72. The van der Waals surface area contributed by atoms with Gasteiger partial charge in [0.25, 0.3) is 0 Å². The van der Waals surface area contributed by atoms with Crippen LogP contribution in [0.15, 0.2) is 54.7 Å². The highest BCUT2D eigenvalue weighted by Gasteiger charge is 2.07. The Bertz CT molecular complexity index is 955. The number of fused-ring (bicyclic) bond motifs is 2. The van der Waals surface area contributed by atoms with Crippen LogP contribution in [0.2, 0.25) is 0 Å². The summed E-state index contributed by atoms with van der Waals surface area (Å²) in [5, 5.41) is 11.1. The summed E-state index contributed by atoms with van der Waals surface area (Å²) in [6, 6.07) is 18.2. The highest BCUT2D eigenvalue weighted by Crippen LogP contribution is 2.24. The Balaban J connectivity index is 1.75. The average molecular weight is 289 g/mol. The monoisotopic (exact) mass is 289 g/mol. The summed E-state index contributed by atoms with van der Waals surface area (Å²) in [6.45, 7) is 0.759. The van der Waals surface area contributed by atoms with E-state index in [0.717, 1.165) is 28.0 Å². The third kappa shape index (κ3) is 2.08. The molecule has 0 unspecified atom stereocenters. The molecule has 0 amide bonds. The van der Waals surface area contributed by atoms with E-state index in [-0.39, 0.29) is 0 Å². The fourth-order valence-electron chi connectivity index (χ4n) is 2.54. The van der Waals surface area contributed by atoms with E-state index in [4.69, 9.17) is 5.26 Å². The maximum Gasteiger partial charge on any atom is 0.114 e. The van der Waals surface area contributed by atoms with Crippen molar-refractivity contribution in [1.82, 2.24) is 9.55 Å². The number of thiazole rings is 1. The molecule has 0 aliphatic rings. The molecule has 2 aromatic heterocycles. The van der Waals surface area contributed by atoms with Gasteiger partial charge in [0.2, 0.25) is 0 Å². The van der Waals surface area contributed by atoms with Crippen molar-refractivity contribution in [3.63, 3.8) is 0 Å². The van der Waals surface area contributed by atoms with Gasteiger partial charge in [-0.15, -0.1) is 11.3 Å². The molecule has 3 nitrogen and oxygen atoms in total. The lowest BCUT2D eigenvalue weighted by atomic mass is 10.2. The van der Waals surface area contributed by atoms with Crippen LogP contribution in [0.4, 0.5) is 0 Å². The minimum Gasteiger partial charge on any atom is -0.341 e. The number of rotatable bonds is 2. The first-order valence-corrected chi connectivity index (χ1v) is 7.48. The van der Waals surface area contributed by atoms with Gasteiger partial charge < -0.3 is 4.57 Å². The Morgan fingerprint density at radius 2 is 2.05 bits per heavy atom. The van der Waals surface area contributed by atoms with Gasteiger partial charge in [0.15, 0.2) is 0 Å². The highest BCUT2D eigenvalue weighted by atomic mass is 32.1. The Morgan fingerprint density at radius 3 is 2.90 bits per heavy atom. The fourth-order valence-corrected chi connectivity index (χ4v) is 3.51. The van der Waals surface area contributed by atoms with E-state index in [1.807, 2.05) is 42.5 Å². The number of nitrogens with zero attached hydrogens (tertiary/aromatic N) is 3. The van der Waals surface area contributed by atoms with Gasteiger partial charge in [-0.2, -0.15) is 5.26 Å². The summed E-state index contributed by atoms with van der Waals surface area (Å²) < 4.78 is 3.39. The Hall–Kier alpha value is -2.64. The second-order valence-electron chi connectivity index (χ2n) is 4.90. The molecule has 0 saturated heterocycles. The lowest BCUT2D eigenvalue weighted by Gasteiger charge is -2.02. The van der Waals surface area contributed by atoms with Crippen LogP contribution in [0.25, 0.3) is 21.1 Å². The quantitative estimate of drug-likeness (QED) is 0.555. The van der Waals surface area contributed by atoms with Gasteiger partial charge in [0, 0.05) is 17.1 Å². The largest absolute Gasteiger partial charge is 0.341 e. The summed E-state index contributed by atoms with van der Waals surface area (Å²) in [5.74, 6) is 0. The molecule has 0 fully saturated rings. The van der Waals surface area contributed by atoms with Crippen LogP contribution in [0.1, 0.15) is 10.6 Å². The van der Waals surface area contributed by atoms with Gasteiger partial charge in [0.05, 0.1) is 28.4 Å². The van der Waals surface area contributed by atoms with E-state index < -0.39 is 0 Å². The minimum atomic E-state index is 0.695. The van der Waals surface area contributed by atoms with Gasteiger partial charge >= 0.3 is 0 Å². The molecule has 0 atom stereocenters. The Kier molecular flexibility index (Phi) is 2.73. The summed E-state index contributed by atoms with van der Waals surface area (Å²) in [7, 11) is 0. The predicted molar refractivity (Wildman–Crippen MR) is 85.4 cm³/mol. The predicted octanol–water partition coefficient (Wildman–Crippen LogP) is 4.17. The molecule has 0 aliphatic heterocycles. The summed E-state index contributed by atoms with van der Waals surface area (Å²) in [6.07, 6.45) is 2.05. The van der Waals surface area contributed by atoms with Crippen molar-refractivity contribution in [2.75, 3.05) is 0 Å². The van der Waals surface area contributed by atoms with Crippen LogP contribution < -0.4 is 0 Å². The molecule has 4 heteroatoms. The third-order valence-corrected chi connectivity index (χ3v) is 4.57.